The third-order valence-electron chi connectivity index (χ3n) is 1.57. The van der Waals surface area contributed by atoms with Crippen molar-refractivity contribution in [1.29, 1.82) is 0 Å². The second-order valence-corrected chi connectivity index (χ2v) is 2.56. The summed E-state index contributed by atoms with van der Waals surface area (Å²) >= 11 is 0. The number of nitrogens with zero attached hydrogens (tertiary/aromatic N) is 1. The highest BCUT2D eigenvalue weighted by molar-refractivity contribution is 5.67. The minimum absolute atomic E-state index is 0.0632. The number of nitrogens with two attached hydrogens (primary N) is 1. The fourth-order valence-corrected chi connectivity index (χ4v) is 0.923. The molecule has 0 aliphatic carbocycles. The lowest BCUT2D eigenvalue weighted by molar-refractivity contribution is -0.137. The molecule has 0 spiro atoms. The first-order chi connectivity index (χ1) is 6.11. The van der Waals surface area contributed by atoms with Gasteiger partial charge in [-0.05, 0) is 0 Å². The summed E-state index contributed by atoms with van der Waals surface area (Å²) in [5, 5.41) is 20.9. The van der Waals surface area contributed by atoms with Crippen LogP contribution in [-0.4, -0.2) is 21.3 Å². The van der Waals surface area contributed by atoms with Gasteiger partial charge in [-0.3, -0.25) is 4.79 Å². The molecular formula is C7H10N2O4. The van der Waals surface area contributed by atoms with E-state index in [1.807, 2.05) is 0 Å². The fourth-order valence-electron chi connectivity index (χ4n) is 0.923. The molecule has 1 aromatic rings. The van der Waals surface area contributed by atoms with Gasteiger partial charge in [0.25, 0.3) is 0 Å². The summed E-state index contributed by atoms with van der Waals surface area (Å²) in [5.74, 6) is -0.930. The molecule has 13 heavy (non-hydrogen) atoms. The molecule has 1 heterocycles. The van der Waals surface area contributed by atoms with Crippen LogP contribution in [0.1, 0.15) is 23.9 Å². The van der Waals surface area contributed by atoms with Gasteiger partial charge in [-0.1, -0.05) is 5.16 Å². The highest BCUT2D eigenvalue weighted by Crippen LogP contribution is 2.14. The number of aliphatic hydroxyl groups is 1. The van der Waals surface area contributed by atoms with Gasteiger partial charge in [0, 0.05) is 6.42 Å². The molecule has 0 saturated heterocycles. The minimum atomic E-state index is -1.17. The van der Waals surface area contributed by atoms with E-state index >= 15 is 0 Å². The van der Waals surface area contributed by atoms with Crippen molar-refractivity contribution in [2.45, 2.75) is 19.1 Å². The van der Waals surface area contributed by atoms with Crippen LogP contribution in [-0.2, 0) is 11.2 Å². The number of rotatable bonds is 4. The van der Waals surface area contributed by atoms with Crippen molar-refractivity contribution in [3.63, 3.8) is 0 Å². The first-order valence-corrected chi connectivity index (χ1v) is 3.70. The molecule has 0 saturated carbocycles. The van der Waals surface area contributed by atoms with Crippen molar-refractivity contribution in [3.8, 4) is 0 Å². The van der Waals surface area contributed by atoms with E-state index in [2.05, 4.69) is 9.68 Å². The number of aryl methyl sites for hydroxylation is 1. The summed E-state index contributed by atoms with van der Waals surface area (Å²) in [6, 6.07) is 0. The number of hydrogen-bond acceptors (Lipinski definition) is 5. The molecule has 1 atom stereocenters. The molecule has 0 bridgehead atoms. The summed E-state index contributed by atoms with van der Waals surface area (Å²) in [5.41, 5.74) is 5.89. The van der Waals surface area contributed by atoms with Gasteiger partial charge in [0.15, 0.2) is 0 Å². The fraction of sp³-hybridized carbons (Fsp3) is 0.429. The minimum Gasteiger partial charge on any atom is -0.481 e. The number of carbonyl (C=O) groups is 1. The van der Waals surface area contributed by atoms with Gasteiger partial charge < -0.3 is 20.5 Å². The molecule has 72 valence electrons. The maximum absolute atomic E-state index is 10.2. The van der Waals surface area contributed by atoms with Crippen LogP contribution in [0.2, 0.25) is 0 Å². The van der Waals surface area contributed by atoms with Gasteiger partial charge in [0.1, 0.15) is 12.5 Å². The van der Waals surface area contributed by atoms with Crippen molar-refractivity contribution in [1.82, 2.24) is 5.16 Å². The molecule has 0 radical (unpaired) electrons. The number of aliphatic carboxylic acids is 1. The Labute approximate surface area is 73.9 Å². The van der Waals surface area contributed by atoms with Crippen molar-refractivity contribution in [2.75, 3.05) is 0 Å². The lowest BCUT2D eigenvalue weighted by atomic mass is 10.1. The topological polar surface area (TPSA) is 110 Å². The third kappa shape index (κ3) is 2.53. The molecule has 1 rings (SSSR count). The quantitative estimate of drug-likeness (QED) is 0.554. The van der Waals surface area contributed by atoms with Crippen LogP contribution in [0.15, 0.2) is 10.8 Å². The maximum atomic E-state index is 10.2. The zero-order valence-electron chi connectivity index (χ0n) is 6.80. The maximum Gasteiger partial charge on any atom is 0.303 e. The van der Waals surface area contributed by atoms with E-state index in [4.69, 9.17) is 15.9 Å². The molecule has 6 heteroatoms. The summed E-state index contributed by atoms with van der Waals surface area (Å²) in [4.78, 5) is 10.2. The van der Waals surface area contributed by atoms with Crippen molar-refractivity contribution in [3.05, 3.63) is 17.5 Å². The summed E-state index contributed by atoms with van der Waals surface area (Å²) in [7, 11) is 0. The van der Waals surface area contributed by atoms with E-state index in [0.29, 0.717) is 11.3 Å². The van der Waals surface area contributed by atoms with Gasteiger partial charge >= 0.3 is 5.97 Å². The normalized spacial score (nSPS) is 12.8. The molecule has 0 aromatic carbocycles. The Balaban J connectivity index is 2.65. The Hall–Kier alpha value is -1.40. The Morgan fingerprint density at radius 1 is 1.77 bits per heavy atom. The zero-order chi connectivity index (χ0) is 9.84. The number of carboxylic acids is 1. The largest absolute Gasteiger partial charge is 0.481 e. The lowest BCUT2D eigenvalue weighted by Gasteiger charge is -2.01. The average molecular weight is 186 g/mol. The van der Waals surface area contributed by atoms with E-state index in [9.17, 15) is 4.79 Å². The number of aromatic nitrogens is 1. The predicted molar refractivity (Wildman–Crippen MR) is 41.6 cm³/mol. The first kappa shape index (κ1) is 9.69. The molecule has 0 fully saturated rings. The molecule has 6 nitrogen and oxygen atoms in total. The molecule has 0 amide bonds. The number of aliphatic hydroxyl groups excluding tert-OH is 1. The van der Waals surface area contributed by atoms with Crippen LogP contribution >= 0.6 is 0 Å². The summed E-state index contributed by atoms with van der Waals surface area (Å²) in [6.45, 7) is 0. The monoisotopic (exact) mass is 186 g/mol. The highest BCUT2D eigenvalue weighted by atomic mass is 16.5. The Morgan fingerprint density at radius 3 is 3.00 bits per heavy atom. The smallest absolute Gasteiger partial charge is 0.303 e. The van der Waals surface area contributed by atoms with E-state index in [1.165, 1.54) is 6.26 Å². The lowest BCUT2D eigenvalue weighted by Crippen LogP contribution is -2.10. The van der Waals surface area contributed by atoms with Crippen LogP contribution in [0.4, 0.5) is 0 Å². The number of carboxylic acid groups (broad SMARTS) is 1. The Kier molecular flexibility index (Phi) is 2.99. The molecule has 4 N–H and O–H groups in total. The van der Waals surface area contributed by atoms with Gasteiger partial charge in [-0.15, -0.1) is 0 Å². The van der Waals surface area contributed by atoms with Crippen molar-refractivity contribution in [2.24, 2.45) is 5.73 Å². The van der Waals surface area contributed by atoms with Crippen LogP contribution in [0.3, 0.4) is 0 Å². The first-order valence-electron chi connectivity index (χ1n) is 3.70. The van der Waals surface area contributed by atoms with E-state index in [-0.39, 0.29) is 12.8 Å². The number of hydrogen-bond donors (Lipinski definition) is 3. The Morgan fingerprint density at radius 2 is 2.46 bits per heavy atom. The van der Waals surface area contributed by atoms with Crippen LogP contribution in [0.5, 0.6) is 0 Å². The third-order valence-corrected chi connectivity index (χ3v) is 1.57. The highest BCUT2D eigenvalue weighted by Gasteiger charge is 2.13. The van der Waals surface area contributed by atoms with Gasteiger partial charge in [0.2, 0.25) is 0 Å². The van der Waals surface area contributed by atoms with Gasteiger partial charge in [0.05, 0.1) is 17.7 Å². The van der Waals surface area contributed by atoms with Gasteiger partial charge in [-0.2, -0.15) is 0 Å². The molecule has 0 aliphatic heterocycles. The van der Waals surface area contributed by atoms with E-state index in [1.54, 1.807) is 0 Å². The summed E-state index contributed by atoms with van der Waals surface area (Å²) < 4.78 is 4.56. The second-order valence-electron chi connectivity index (χ2n) is 2.56. The molecule has 0 aliphatic rings. The predicted octanol–water partition coefficient (Wildman–Crippen LogP) is -0.359. The second kappa shape index (κ2) is 4.01. The van der Waals surface area contributed by atoms with Crippen LogP contribution in [0, 0.1) is 0 Å². The Bertz CT molecular complexity index is 294. The van der Waals surface area contributed by atoms with Crippen LogP contribution in [0.25, 0.3) is 0 Å². The summed E-state index contributed by atoms with van der Waals surface area (Å²) in [6.07, 6.45) is 0.179. The van der Waals surface area contributed by atoms with Crippen molar-refractivity contribution >= 4 is 5.97 Å². The van der Waals surface area contributed by atoms with Crippen LogP contribution < -0.4 is 5.73 Å². The SMILES string of the molecule is NC(O)c1conc1CCC(=O)O. The molecule has 1 aromatic heterocycles. The van der Waals surface area contributed by atoms with Gasteiger partial charge in [-0.25, -0.2) is 0 Å². The standard InChI is InChI=1S/C7H10N2O4/c8-7(12)4-3-13-9-5(4)1-2-6(10)11/h3,7,12H,1-2,8H2,(H,10,11). The van der Waals surface area contributed by atoms with E-state index in [0.717, 1.165) is 0 Å². The van der Waals surface area contributed by atoms with Crippen molar-refractivity contribution < 1.29 is 19.5 Å². The average Bonchev–Trinajstić information content (AvgIpc) is 2.47. The molecular weight excluding hydrogens is 176 g/mol. The molecule has 1 unspecified atom stereocenters. The van der Waals surface area contributed by atoms with E-state index < -0.39 is 12.2 Å². The zero-order valence-corrected chi connectivity index (χ0v) is 6.80.